The van der Waals surface area contributed by atoms with Crippen LogP contribution in [0.15, 0.2) is 47.4 Å². The van der Waals surface area contributed by atoms with Crippen molar-refractivity contribution in [3.63, 3.8) is 0 Å². The van der Waals surface area contributed by atoms with Crippen LogP contribution < -0.4 is 14.4 Å². The zero-order valence-electron chi connectivity index (χ0n) is 16.7. The second-order valence-corrected chi connectivity index (χ2v) is 9.56. The highest BCUT2D eigenvalue weighted by Gasteiger charge is 2.38. The molecule has 2 aromatic carbocycles. The van der Waals surface area contributed by atoms with Crippen LogP contribution in [0.4, 0.5) is 5.69 Å². The third-order valence-electron chi connectivity index (χ3n) is 4.80. The molecule has 0 saturated carbocycles. The van der Waals surface area contributed by atoms with E-state index in [0.717, 1.165) is 18.4 Å². The van der Waals surface area contributed by atoms with Crippen LogP contribution in [0.3, 0.4) is 0 Å². The molecule has 0 unspecified atom stereocenters. The summed E-state index contributed by atoms with van der Waals surface area (Å²) in [6.07, 6.45) is 0.807. The summed E-state index contributed by atoms with van der Waals surface area (Å²) in [7, 11) is -3.90. The highest BCUT2D eigenvalue weighted by atomic mass is 35.5. The molecule has 8 heteroatoms. The zero-order valence-corrected chi connectivity index (χ0v) is 18.3. The van der Waals surface area contributed by atoms with Crippen molar-refractivity contribution < 1.29 is 17.9 Å². The van der Waals surface area contributed by atoms with Gasteiger partial charge in [0.15, 0.2) is 6.10 Å². The van der Waals surface area contributed by atoms with E-state index in [9.17, 15) is 13.2 Å². The van der Waals surface area contributed by atoms with Gasteiger partial charge in [-0.3, -0.25) is 9.10 Å². The summed E-state index contributed by atoms with van der Waals surface area (Å²) in [6.45, 7) is 5.71. The molecule has 3 rings (SSSR count). The van der Waals surface area contributed by atoms with Gasteiger partial charge in [0.25, 0.3) is 15.9 Å². The maximum Gasteiger partial charge on any atom is 0.264 e. The Morgan fingerprint density at radius 1 is 1.28 bits per heavy atom. The lowest BCUT2D eigenvalue weighted by Gasteiger charge is -2.35. The molecule has 0 aliphatic carbocycles. The lowest BCUT2D eigenvalue weighted by molar-refractivity contribution is -0.128. The van der Waals surface area contributed by atoms with Gasteiger partial charge in [-0.15, -0.1) is 0 Å². The van der Waals surface area contributed by atoms with Crippen LogP contribution in [0.25, 0.3) is 0 Å². The number of sulfonamides is 1. The zero-order chi connectivity index (χ0) is 21.2. The lowest BCUT2D eigenvalue weighted by atomic mass is 10.1. The number of rotatable bonds is 6. The van der Waals surface area contributed by atoms with Gasteiger partial charge >= 0.3 is 0 Å². The van der Waals surface area contributed by atoms with Crippen molar-refractivity contribution in [2.75, 3.05) is 10.8 Å². The number of benzene rings is 2. The van der Waals surface area contributed by atoms with Crippen LogP contribution in [0, 0.1) is 6.92 Å². The van der Waals surface area contributed by atoms with Crippen molar-refractivity contribution in [2.24, 2.45) is 0 Å². The first-order chi connectivity index (χ1) is 13.7. The van der Waals surface area contributed by atoms with Crippen molar-refractivity contribution in [1.82, 2.24) is 5.32 Å². The van der Waals surface area contributed by atoms with Crippen molar-refractivity contribution >= 4 is 33.2 Å². The molecular weight excluding hydrogens is 412 g/mol. The Morgan fingerprint density at radius 2 is 1.97 bits per heavy atom. The molecule has 2 atom stereocenters. The number of aryl methyl sites for hydroxylation is 1. The number of nitrogens with one attached hydrogen (secondary N) is 1. The van der Waals surface area contributed by atoms with E-state index < -0.39 is 16.1 Å². The number of nitrogens with zero attached hydrogens (tertiary/aromatic N) is 1. The normalized spacial score (nSPS) is 17.2. The van der Waals surface area contributed by atoms with E-state index in [1.165, 1.54) is 10.4 Å². The maximum absolute atomic E-state index is 13.4. The molecule has 6 nitrogen and oxygen atoms in total. The van der Waals surface area contributed by atoms with E-state index in [-0.39, 0.29) is 23.4 Å². The molecule has 1 heterocycles. The first kappa shape index (κ1) is 21.5. The number of carbonyl (C=O) groups excluding carboxylic acids is 1. The van der Waals surface area contributed by atoms with Crippen LogP contribution in [0.2, 0.25) is 5.02 Å². The molecule has 1 aliphatic rings. The van der Waals surface area contributed by atoms with Crippen LogP contribution in [0.1, 0.15) is 32.3 Å². The van der Waals surface area contributed by atoms with Crippen molar-refractivity contribution in [2.45, 2.75) is 50.7 Å². The second-order valence-electron chi connectivity index (χ2n) is 7.27. The monoisotopic (exact) mass is 436 g/mol. The Balaban J connectivity index is 1.97. The molecule has 0 aromatic heterocycles. The largest absolute Gasteiger partial charge is 0.476 e. The summed E-state index contributed by atoms with van der Waals surface area (Å²) in [4.78, 5) is 12.9. The van der Waals surface area contributed by atoms with Gasteiger partial charge in [-0.05, 0) is 50.6 Å². The molecule has 1 N–H and O–H groups in total. The highest BCUT2D eigenvalue weighted by Crippen LogP contribution is 2.38. The molecule has 0 fully saturated rings. The molecule has 0 spiro atoms. The average molecular weight is 437 g/mol. The third-order valence-corrected chi connectivity index (χ3v) is 6.83. The van der Waals surface area contributed by atoms with Gasteiger partial charge in [0.1, 0.15) is 5.75 Å². The minimum atomic E-state index is -3.90. The molecule has 0 radical (unpaired) electrons. The SMILES string of the molecule is CCC[C@@H](C)NC(=O)[C@H]1CN(S(=O)(=O)c2ccc(C)cc2)c2cc(Cl)ccc2O1. The summed E-state index contributed by atoms with van der Waals surface area (Å²) >= 11 is 6.11. The smallest absolute Gasteiger partial charge is 0.264 e. The fourth-order valence-corrected chi connectivity index (χ4v) is 4.90. The van der Waals surface area contributed by atoms with Gasteiger partial charge in [0.05, 0.1) is 17.1 Å². The molecule has 0 bridgehead atoms. The first-order valence-corrected chi connectivity index (χ1v) is 11.4. The molecule has 29 heavy (non-hydrogen) atoms. The molecule has 156 valence electrons. The van der Waals surface area contributed by atoms with Gasteiger partial charge in [-0.25, -0.2) is 8.42 Å². The number of halogens is 1. The minimum Gasteiger partial charge on any atom is -0.476 e. The highest BCUT2D eigenvalue weighted by molar-refractivity contribution is 7.92. The van der Waals surface area contributed by atoms with Gasteiger partial charge in [0, 0.05) is 11.1 Å². The molecule has 1 aliphatic heterocycles. The van der Waals surface area contributed by atoms with Crippen molar-refractivity contribution in [3.8, 4) is 5.75 Å². The van der Waals surface area contributed by atoms with E-state index in [1.54, 1.807) is 36.4 Å². The van der Waals surface area contributed by atoms with E-state index in [1.807, 2.05) is 20.8 Å². The Kier molecular flexibility index (Phi) is 6.39. The number of amides is 1. The predicted molar refractivity (Wildman–Crippen MR) is 114 cm³/mol. The fraction of sp³-hybridized carbons (Fsp3) is 0.381. The molecule has 2 aromatic rings. The maximum atomic E-state index is 13.4. The van der Waals surface area contributed by atoms with E-state index >= 15 is 0 Å². The van der Waals surface area contributed by atoms with Crippen LogP contribution in [-0.4, -0.2) is 33.0 Å². The summed E-state index contributed by atoms with van der Waals surface area (Å²) in [6, 6.07) is 11.3. The Hall–Kier alpha value is -2.25. The quantitative estimate of drug-likeness (QED) is 0.744. The Bertz CT molecular complexity index is 992. The summed E-state index contributed by atoms with van der Waals surface area (Å²) in [5.74, 6) is -0.0321. The van der Waals surface area contributed by atoms with Gasteiger partial charge in [-0.1, -0.05) is 42.6 Å². The summed E-state index contributed by atoms with van der Waals surface area (Å²) in [5, 5.41) is 3.29. The minimum absolute atomic E-state index is 0.0233. The van der Waals surface area contributed by atoms with E-state index in [4.69, 9.17) is 16.3 Å². The van der Waals surface area contributed by atoms with Gasteiger partial charge < -0.3 is 10.1 Å². The fourth-order valence-electron chi connectivity index (χ4n) is 3.27. The lowest BCUT2D eigenvalue weighted by Crippen LogP contribution is -2.52. The second kappa shape index (κ2) is 8.63. The van der Waals surface area contributed by atoms with E-state index in [0.29, 0.717) is 16.5 Å². The number of fused-ring (bicyclic) bond motifs is 1. The van der Waals surface area contributed by atoms with E-state index in [2.05, 4.69) is 5.32 Å². The summed E-state index contributed by atoms with van der Waals surface area (Å²) < 4.78 is 33.8. The Labute approximate surface area is 176 Å². The van der Waals surface area contributed by atoms with Gasteiger partial charge in [-0.2, -0.15) is 0 Å². The number of anilines is 1. The molecule has 0 saturated heterocycles. The summed E-state index contributed by atoms with van der Waals surface area (Å²) in [5.41, 5.74) is 1.28. The van der Waals surface area contributed by atoms with Gasteiger partial charge in [0.2, 0.25) is 0 Å². The number of ether oxygens (including phenoxy) is 1. The van der Waals surface area contributed by atoms with Crippen LogP contribution >= 0.6 is 11.6 Å². The van der Waals surface area contributed by atoms with Crippen LogP contribution in [-0.2, 0) is 14.8 Å². The number of hydrogen-bond donors (Lipinski definition) is 1. The predicted octanol–water partition coefficient (Wildman–Crippen LogP) is 3.91. The van der Waals surface area contributed by atoms with Crippen molar-refractivity contribution in [1.29, 1.82) is 0 Å². The Morgan fingerprint density at radius 3 is 2.62 bits per heavy atom. The number of hydrogen-bond acceptors (Lipinski definition) is 4. The number of carbonyl (C=O) groups is 1. The molecular formula is C21H25ClN2O4S. The molecule has 1 amide bonds. The third kappa shape index (κ3) is 4.67. The average Bonchev–Trinajstić information content (AvgIpc) is 2.67. The van der Waals surface area contributed by atoms with Crippen LogP contribution in [0.5, 0.6) is 5.75 Å². The van der Waals surface area contributed by atoms with Crippen molar-refractivity contribution in [3.05, 3.63) is 53.1 Å². The first-order valence-electron chi connectivity index (χ1n) is 9.58. The topological polar surface area (TPSA) is 75.7 Å². The standard InChI is InChI=1S/C21H25ClN2O4S/c1-4-5-15(3)23-21(25)20-13-24(18-12-16(22)8-11-19(18)28-20)29(26,27)17-9-6-14(2)7-10-17/h6-12,15,20H,4-5,13H2,1-3H3,(H,23,25)/t15-,20-/m1/s1.